The third kappa shape index (κ3) is 21.5. The van der Waals surface area contributed by atoms with Gasteiger partial charge >= 0.3 is 0 Å². The van der Waals surface area contributed by atoms with Gasteiger partial charge in [-0.1, -0.05) is 88.3 Å². The van der Waals surface area contributed by atoms with Crippen LogP contribution in [0.15, 0.2) is 12.2 Å². The molecule has 0 aliphatic carbocycles. The lowest BCUT2D eigenvalue weighted by Gasteiger charge is -2.41. The number of rotatable bonds is 32. The highest BCUT2D eigenvalue weighted by atomic mass is 16.3. The zero-order valence-corrected chi connectivity index (χ0v) is 51.7. The van der Waals surface area contributed by atoms with Crippen LogP contribution in [0.1, 0.15) is 130 Å². The Labute approximate surface area is 471 Å². The number of hydrogen-bond acceptors (Lipinski definition) is 12. The van der Waals surface area contributed by atoms with E-state index in [1.807, 2.05) is 41.5 Å². The molecular weight excluding hydrogens is 1020 g/mol. The second kappa shape index (κ2) is 33.5. The van der Waals surface area contributed by atoms with Crippen LogP contribution >= 0.6 is 0 Å². The molecule has 0 aromatic rings. The second-order valence-corrected chi connectivity index (χ2v) is 23.0. The summed E-state index contributed by atoms with van der Waals surface area (Å²) >= 11 is 0. The average Bonchev–Trinajstić information content (AvgIpc) is 3.37. The van der Waals surface area contributed by atoms with E-state index in [1.165, 1.54) is 89.7 Å². The van der Waals surface area contributed by atoms with E-state index in [1.54, 1.807) is 53.7 Å². The summed E-state index contributed by atoms with van der Waals surface area (Å²) in [7, 11) is 9.88. The van der Waals surface area contributed by atoms with E-state index in [-0.39, 0.29) is 55.4 Å². The summed E-state index contributed by atoms with van der Waals surface area (Å²) in [6.45, 7) is 25.2. The number of hydrogen-bond donors (Lipinski definition) is 5. The molecule has 0 saturated heterocycles. The third-order valence-electron chi connectivity index (χ3n) is 14.7. The molecule has 452 valence electrons. The van der Waals surface area contributed by atoms with Crippen LogP contribution in [-0.2, 0) is 52.7 Å². The first-order valence-electron chi connectivity index (χ1n) is 27.6. The van der Waals surface area contributed by atoms with Crippen molar-refractivity contribution in [1.29, 1.82) is 0 Å². The van der Waals surface area contributed by atoms with Gasteiger partial charge in [0.05, 0.1) is 19.2 Å². The molecular formula is C56H101N11O12. The predicted molar refractivity (Wildman–Crippen MR) is 303 cm³/mol. The van der Waals surface area contributed by atoms with E-state index < -0.39 is 132 Å². The Morgan fingerprint density at radius 2 is 0.987 bits per heavy atom. The van der Waals surface area contributed by atoms with Crippen molar-refractivity contribution in [1.82, 2.24) is 50.2 Å². The molecule has 11 atom stereocenters. The molecule has 6 N–H and O–H groups in total. The number of allylic oxidation sites excluding steroid dienone is 2. The fourth-order valence-electron chi connectivity index (χ4n) is 8.91. The number of nitrogens with two attached hydrogens (primary N) is 1. The van der Waals surface area contributed by atoms with Gasteiger partial charge in [-0.2, -0.15) is 0 Å². The number of nitrogens with zero attached hydrogens (tertiary/aromatic N) is 7. The lowest BCUT2D eigenvalue weighted by molar-refractivity contribution is -0.157. The minimum atomic E-state index is -1.59. The fraction of sp³-hybridized carbons (Fsp3) is 0.768. The highest BCUT2D eigenvalue weighted by Gasteiger charge is 2.45. The summed E-state index contributed by atoms with van der Waals surface area (Å²) in [6, 6.07) is -9.54. The van der Waals surface area contributed by atoms with Crippen LogP contribution in [0.25, 0.3) is 0 Å². The minimum absolute atomic E-state index is 0.0562. The van der Waals surface area contributed by atoms with E-state index >= 15 is 0 Å². The van der Waals surface area contributed by atoms with Crippen molar-refractivity contribution in [2.24, 2.45) is 41.2 Å². The highest BCUT2D eigenvalue weighted by molar-refractivity contribution is 5.98. The molecule has 0 aliphatic rings. The number of carbonyl (C=O) groups is 11. The molecule has 0 heterocycles. The predicted octanol–water partition coefficient (Wildman–Crippen LogP) is 1.45. The lowest BCUT2D eigenvalue weighted by Crippen LogP contribution is -2.63. The highest BCUT2D eigenvalue weighted by Crippen LogP contribution is 2.25. The minimum Gasteiger partial charge on any atom is -0.390 e. The Morgan fingerprint density at radius 3 is 1.43 bits per heavy atom. The molecule has 0 bridgehead atoms. The molecule has 1 unspecified atom stereocenters. The zero-order valence-electron chi connectivity index (χ0n) is 51.7. The number of aliphatic hydroxyl groups excluding tert-OH is 1. The van der Waals surface area contributed by atoms with Gasteiger partial charge in [0.2, 0.25) is 65.0 Å². The molecule has 23 heteroatoms. The van der Waals surface area contributed by atoms with Crippen LogP contribution in [0, 0.1) is 35.5 Å². The topological polar surface area (TPSA) is 293 Å². The quantitative estimate of drug-likeness (QED) is 0.0599. The van der Waals surface area contributed by atoms with Crippen molar-refractivity contribution in [2.75, 3.05) is 62.4 Å². The molecule has 11 amide bonds. The van der Waals surface area contributed by atoms with Crippen molar-refractivity contribution >= 4 is 65.0 Å². The lowest BCUT2D eigenvalue weighted by atomic mass is 9.91. The van der Waals surface area contributed by atoms with Crippen LogP contribution in [0.2, 0.25) is 0 Å². The largest absolute Gasteiger partial charge is 0.390 e. The van der Waals surface area contributed by atoms with E-state index in [0.29, 0.717) is 6.42 Å². The van der Waals surface area contributed by atoms with Gasteiger partial charge in [0, 0.05) is 55.3 Å². The molecule has 0 radical (unpaired) electrons. The number of carbonyl (C=O) groups excluding carboxylic acids is 11. The van der Waals surface area contributed by atoms with Crippen LogP contribution in [0.4, 0.5) is 0 Å². The molecule has 79 heavy (non-hydrogen) atoms. The van der Waals surface area contributed by atoms with E-state index in [2.05, 4.69) is 16.0 Å². The van der Waals surface area contributed by atoms with Crippen LogP contribution in [0.3, 0.4) is 0 Å². The number of aliphatic hydroxyl groups is 1. The monoisotopic (exact) mass is 1120 g/mol. The number of likely N-dealkylation sites (N-methyl/N-ethyl adjacent to an activating group) is 7. The summed E-state index contributed by atoms with van der Waals surface area (Å²) in [6.07, 6.45) is 2.77. The molecule has 0 aromatic heterocycles. The summed E-state index contributed by atoms with van der Waals surface area (Å²) < 4.78 is 0. The molecule has 0 saturated carbocycles. The van der Waals surface area contributed by atoms with Crippen molar-refractivity contribution in [2.45, 2.75) is 184 Å². The van der Waals surface area contributed by atoms with Crippen LogP contribution in [-0.4, -0.2) is 221 Å². The summed E-state index contributed by atoms with van der Waals surface area (Å²) in [4.78, 5) is 159. The van der Waals surface area contributed by atoms with Crippen molar-refractivity contribution in [3.8, 4) is 0 Å². The maximum absolute atomic E-state index is 15.0. The first-order valence-corrected chi connectivity index (χ1v) is 27.6. The van der Waals surface area contributed by atoms with Crippen molar-refractivity contribution < 1.29 is 57.8 Å². The first kappa shape index (κ1) is 72.9. The molecule has 0 rings (SSSR count). The molecule has 0 aliphatic heterocycles. The van der Waals surface area contributed by atoms with Crippen LogP contribution < -0.4 is 21.7 Å². The van der Waals surface area contributed by atoms with Gasteiger partial charge in [-0.05, 0) is 83.0 Å². The Balaban J connectivity index is 6.93. The Bertz CT molecular complexity index is 2140. The zero-order chi connectivity index (χ0) is 61.8. The first-order chi connectivity index (χ1) is 36.3. The average molecular weight is 1120 g/mol. The Kier molecular flexibility index (Phi) is 30.9. The van der Waals surface area contributed by atoms with Gasteiger partial charge in [0.25, 0.3) is 0 Å². The normalized spacial score (nSPS) is 15.8. The van der Waals surface area contributed by atoms with Gasteiger partial charge < -0.3 is 61.1 Å². The van der Waals surface area contributed by atoms with Gasteiger partial charge in [0.15, 0.2) is 0 Å². The van der Waals surface area contributed by atoms with Gasteiger partial charge in [0.1, 0.15) is 48.3 Å². The van der Waals surface area contributed by atoms with E-state index in [9.17, 15) is 57.8 Å². The van der Waals surface area contributed by atoms with Crippen molar-refractivity contribution in [3.63, 3.8) is 0 Å². The SMILES string of the molecule is C/C=C\C[C@@H](C)[C@H](O)C(C(=O)N[C@@H](CC)C(=O)N(C)CC(=O)N(C)[C@H](C)C(N)=O)N(C)C(=O)[C@H](C(C)C)N(C)C(=O)[C@@H](CC(C)C)N(C)C(=O)[C@H](CC(C)C)N(C)C(=O)[C@H](C)NC(=O)[C@@H](C)NC(=O)CN(C)C(=O)[C@H](C)C(C)C. The maximum atomic E-state index is 15.0. The van der Waals surface area contributed by atoms with Gasteiger partial charge in [-0.3, -0.25) is 52.7 Å². The third-order valence-corrected chi connectivity index (χ3v) is 14.7. The fourth-order valence-corrected chi connectivity index (χ4v) is 8.91. The van der Waals surface area contributed by atoms with Gasteiger partial charge in [-0.25, -0.2) is 0 Å². The second-order valence-electron chi connectivity index (χ2n) is 23.0. The number of primary amides is 1. The molecule has 0 fully saturated rings. The number of nitrogens with one attached hydrogen (secondary N) is 3. The summed E-state index contributed by atoms with van der Waals surface area (Å²) in [5.74, 6) is -8.60. The Morgan fingerprint density at radius 1 is 0.519 bits per heavy atom. The number of amides is 11. The smallest absolute Gasteiger partial charge is 0.246 e. The van der Waals surface area contributed by atoms with Gasteiger partial charge in [-0.15, -0.1) is 0 Å². The maximum Gasteiger partial charge on any atom is 0.246 e. The van der Waals surface area contributed by atoms with E-state index in [0.717, 1.165) is 14.7 Å². The molecule has 0 aromatic carbocycles. The summed E-state index contributed by atoms with van der Waals surface area (Å²) in [5, 5.41) is 19.8. The molecule has 23 nitrogen and oxygen atoms in total. The van der Waals surface area contributed by atoms with Crippen LogP contribution in [0.5, 0.6) is 0 Å². The standard InChI is InChI=1S/C56H101N11O12/c1-23-25-26-35(11)47(70)46(50(73)60-40(24-2)53(76)62(17)30-44(69)63(18)39(15)48(57)71)67(22)56(79)45(34(9)10)66(21)55(78)42(28-32(5)6)65(20)54(77)41(27-31(3)4)64(19)52(75)38(14)59-49(72)37(13)58-43(68)29-61(16)51(74)36(12)33(7)8/h23,25,31-42,45-47,70H,24,26-30H2,1-22H3,(H2,57,71)(H,58,68)(H,59,72)(H,60,73)/b25-23-/t35-,36-,37-,38+,39-,40+,41+,42-,45+,46?,47+/m1/s1. The van der Waals surface area contributed by atoms with E-state index in [4.69, 9.17) is 5.73 Å². The van der Waals surface area contributed by atoms with Crippen molar-refractivity contribution in [3.05, 3.63) is 12.2 Å². The Hall–Kier alpha value is -6.13. The molecule has 0 spiro atoms. The summed E-state index contributed by atoms with van der Waals surface area (Å²) in [5.41, 5.74) is 5.37.